The van der Waals surface area contributed by atoms with Crippen molar-refractivity contribution in [1.29, 1.82) is 0 Å². The van der Waals surface area contributed by atoms with Gasteiger partial charge in [-0.3, -0.25) is 0 Å². The van der Waals surface area contributed by atoms with E-state index in [1.165, 1.54) is 11.3 Å². The van der Waals surface area contributed by atoms with E-state index in [2.05, 4.69) is 30.2 Å². The standard InChI is InChI=1S/C12H15NO/c1-13-9-3-4-12(13)10-5-7-11(14-2)8-6-10/h4-8H,3,9H2,1-2H3. The van der Waals surface area contributed by atoms with Crippen LogP contribution in [0.3, 0.4) is 0 Å². The minimum atomic E-state index is 0.912. The lowest BCUT2D eigenvalue weighted by atomic mass is 10.1. The molecule has 0 spiro atoms. The summed E-state index contributed by atoms with van der Waals surface area (Å²) in [5.74, 6) is 0.912. The Kier molecular flexibility index (Phi) is 2.44. The van der Waals surface area contributed by atoms with Gasteiger partial charge >= 0.3 is 0 Å². The van der Waals surface area contributed by atoms with Crippen LogP contribution in [0.4, 0.5) is 0 Å². The summed E-state index contributed by atoms with van der Waals surface area (Å²) in [6.45, 7) is 1.13. The topological polar surface area (TPSA) is 12.5 Å². The lowest BCUT2D eigenvalue weighted by Gasteiger charge is -2.16. The number of ether oxygens (including phenoxy) is 1. The smallest absolute Gasteiger partial charge is 0.118 e. The first-order valence-electron chi connectivity index (χ1n) is 4.87. The molecule has 0 bridgehead atoms. The van der Waals surface area contributed by atoms with Gasteiger partial charge in [0.25, 0.3) is 0 Å². The zero-order valence-corrected chi connectivity index (χ0v) is 8.66. The van der Waals surface area contributed by atoms with Gasteiger partial charge in [0.15, 0.2) is 0 Å². The lowest BCUT2D eigenvalue weighted by molar-refractivity contribution is 0.414. The van der Waals surface area contributed by atoms with E-state index in [9.17, 15) is 0 Å². The summed E-state index contributed by atoms with van der Waals surface area (Å²) in [5.41, 5.74) is 2.60. The third-order valence-electron chi connectivity index (χ3n) is 2.60. The summed E-state index contributed by atoms with van der Waals surface area (Å²) >= 11 is 0. The van der Waals surface area contributed by atoms with Gasteiger partial charge in [-0.2, -0.15) is 0 Å². The van der Waals surface area contributed by atoms with E-state index in [4.69, 9.17) is 4.74 Å². The van der Waals surface area contributed by atoms with Gasteiger partial charge in [0.1, 0.15) is 5.75 Å². The van der Waals surface area contributed by atoms with Crippen molar-refractivity contribution in [3.05, 3.63) is 35.9 Å². The van der Waals surface area contributed by atoms with Gasteiger partial charge in [-0.25, -0.2) is 0 Å². The molecule has 0 radical (unpaired) electrons. The Balaban J connectivity index is 2.24. The number of hydrogen-bond donors (Lipinski definition) is 0. The molecule has 1 aliphatic rings. The number of nitrogens with zero attached hydrogens (tertiary/aromatic N) is 1. The maximum atomic E-state index is 5.13. The van der Waals surface area contributed by atoms with Crippen molar-refractivity contribution in [1.82, 2.24) is 4.90 Å². The van der Waals surface area contributed by atoms with E-state index in [1.54, 1.807) is 7.11 Å². The van der Waals surface area contributed by atoms with E-state index >= 15 is 0 Å². The lowest BCUT2D eigenvalue weighted by Crippen LogP contribution is -2.11. The molecular weight excluding hydrogens is 174 g/mol. The van der Waals surface area contributed by atoms with Crippen molar-refractivity contribution in [2.45, 2.75) is 6.42 Å². The third kappa shape index (κ3) is 1.60. The second-order valence-electron chi connectivity index (χ2n) is 3.53. The maximum absolute atomic E-state index is 5.13. The van der Waals surface area contributed by atoms with Crippen LogP contribution in [0.2, 0.25) is 0 Å². The van der Waals surface area contributed by atoms with Crippen LogP contribution in [-0.4, -0.2) is 25.6 Å². The molecule has 74 valence electrons. The van der Waals surface area contributed by atoms with Gasteiger partial charge in [0.05, 0.1) is 7.11 Å². The highest BCUT2D eigenvalue weighted by Gasteiger charge is 2.11. The molecule has 0 saturated carbocycles. The van der Waals surface area contributed by atoms with Crippen LogP contribution in [-0.2, 0) is 0 Å². The molecule has 14 heavy (non-hydrogen) atoms. The molecule has 1 aromatic rings. The quantitative estimate of drug-likeness (QED) is 0.708. The van der Waals surface area contributed by atoms with Gasteiger partial charge < -0.3 is 9.64 Å². The summed E-state index contributed by atoms with van der Waals surface area (Å²) in [6.07, 6.45) is 3.43. The van der Waals surface area contributed by atoms with Crippen molar-refractivity contribution in [2.75, 3.05) is 20.7 Å². The minimum Gasteiger partial charge on any atom is -0.497 e. The summed E-state index contributed by atoms with van der Waals surface area (Å²) in [6, 6.07) is 8.21. The fourth-order valence-corrected chi connectivity index (χ4v) is 1.77. The van der Waals surface area contributed by atoms with Crippen LogP contribution in [0.1, 0.15) is 12.0 Å². The molecule has 2 rings (SSSR count). The predicted molar refractivity (Wildman–Crippen MR) is 58.2 cm³/mol. The molecule has 0 aromatic heterocycles. The molecule has 1 aliphatic heterocycles. The fraction of sp³-hybridized carbons (Fsp3) is 0.333. The van der Waals surface area contributed by atoms with Crippen molar-refractivity contribution in [3.63, 3.8) is 0 Å². The van der Waals surface area contributed by atoms with Crippen LogP contribution >= 0.6 is 0 Å². The Bertz CT molecular complexity index is 340. The van der Waals surface area contributed by atoms with E-state index in [0.717, 1.165) is 18.7 Å². The fourth-order valence-electron chi connectivity index (χ4n) is 1.77. The van der Waals surface area contributed by atoms with E-state index in [-0.39, 0.29) is 0 Å². The molecular formula is C12H15NO. The van der Waals surface area contributed by atoms with Crippen LogP contribution < -0.4 is 4.74 Å². The molecule has 0 amide bonds. The molecule has 0 fully saturated rings. The second-order valence-corrected chi connectivity index (χ2v) is 3.53. The second kappa shape index (κ2) is 3.74. The van der Waals surface area contributed by atoms with Crippen LogP contribution in [0.15, 0.2) is 30.3 Å². The third-order valence-corrected chi connectivity index (χ3v) is 2.60. The molecule has 2 heteroatoms. The Morgan fingerprint density at radius 2 is 1.93 bits per heavy atom. The first-order valence-corrected chi connectivity index (χ1v) is 4.87. The zero-order valence-electron chi connectivity index (χ0n) is 8.66. The SMILES string of the molecule is COc1ccc(C2=CCCN2C)cc1. The van der Waals surface area contributed by atoms with E-state index < -0.39 is 0 Å². The molecule has 2 nitrogen and oxygen atoms in total. The Hall–Kier alpha value is -1.44. The van der Waals surface area contributed by atoms with Crippen molar-refractivity contribution in [3.8, 4) is 5.75 Å². The normalized spacial score (nSPS) is 15.6. The van der Waals surface area contributed by atoms with Crippen molar-refractivity contribution in [2.24, 2.45) is 0 Å². The number of benzene rings is 1. The summed E-state index contributed by atoms with van der Waals surface area (Å²) in [4.78, 5) is 2.28. The Morgan fingerprint density at radius 3 is 2.43 bits per heavy atom. The largest absolute Gasteiger partial charge is 0.497 e. The molecule has 1 heterocycles. The highest BCUT2D eigenvalue weighted by molar-refractivity contribution is 5.66. The van der Waals surface area contributed by atoms with Crippen LogP contribution in [0, 0.1) is 0 Å². The molecule has 0 saturated heterocycles. The molecule has 0 N–H and O–H groups in total. The molecule has 0 aliphatic carbocycles. The zero-order chi connectivity index (χ0) is 9.97. The van der Waals surface area contributed by atoms with E-state index in [1.807, 2.05) is 12.1 Å². The molecule has 0 unspecified atom stereocenters. The van der Waals surface area contributed by atoms with Gasteiger partial charge in [0.2, 0.25) is 0 Å². The molecule has 0 atom stereocenters. The van der Waals surface area contributed by atoms with Gasteiger partial charge in [0, 0.05) is 19.3 Å². The average Bonchev–Trinajstić information content (AvgIpc) is 2.65. The number of rotatable bonds is 2. The number of methoxy groups -OCH3 is 1. The molecule has 1 aromatic carbocycles. The predicted octanol–water partition coefficient (Wildman–Crippen LogP) is 2.37. The summed E-state index contributed by atoms with van der Waals surface area (Å²) in [7, 11) is 3.82. The van der Waals surface area contributed by atoms with Gasteiger partial charge in [-0.1, -0.05) is 6.08 Å². The van der Waals surface area contributed by atoms with Gasteiger partial charge in [-0.15, -0.1) is 0 Å². The summed E-state index contributed by atoms with van der Waals surface area (Å²) in [5, 5.41) is 0. The highest BCUT2D eigenvalue weighted by Crippen LogP contribution is 2.25. The average molecular weight is 189 g/mol. The maximum Gasteiger partial charge on any atom is 0.118 e. The van der Waals surface area contributed by atoms with Crippen molar-refractivity contribution >= 4 is 5.70 Å². The highest BCUT2D eigenvalue weighted by atomic mass is 16.5. The Labute approximate surface area is 84.8 Å². The monoisotopic (exact) mass is 189 g/mol. The van der Waals surface area contributed by atoms with Crippen molar-refractivity contribution < 1.29 is 4.74 Å². The van der Waals surface area contributed by atoms with E-state index in [0.29, 0.717) is 0 Å². The van der Waals surface area contributed by atoms with Gasteiger partial charge in [-0.05, 0) is 36.2 Å². The summed E-state index contributed by atoms with van der Waals surface area (Å²) < 4.78 is 5.13. The first-order chi connectivity index (χ1) is 6.81. The van der Waals surface area contributed by atoms with Crippen LogP contribution in [0.5, 0.6) is 5.75 Å². The number of hydrogen-bond acceptors (Lipinski definition) is 2. The first kappa shape index (κ1) is 9.13. The van der Waals surface area contributed by atoms with Crippen LogP contribution in [0.25, 0.3) is 5.70 Å². The minimum absolute atomic E-state index is 0.912. The Morgan fingerprint density at radius 1 is 1.21 bits per heavy atom.